The summed E-state index contributed by atoms with van der Waals surface area (Å²) in [7, 11) is 0. The summed E-state index contributed by atoms with van der Waals surface area (Å²) in [6.07, 6.45) is 0.457. The van der Waals surface area contributed by atoms with Crippen LogP contribution in [-0.2, 0) is 4.74 Å². The molecule has 4 atom stereocenters. The van der Waals surface area contributed by atoms with Gasteiger partial charge in [0.2, 0.25) is 0 Å². The summed E-state index contributed by atoms with van der Waals surface area (Å²) in [6, 6.07) is 6.56. The van der Waals surface area contributed by atoms with Gasteiger partial charge in [-0.05, 0) is 38.5 Å². The Hall–Kier alpha value is -0.970. The van der Waals surface area contributed by atoms with Crippen LogP contribution in [-0.4, -0.2) is 36.2 Å². The van der Waals surface area contributed by atoms with Crippen LogP contribution in [0.4, 0.5) is 4.39 Å². The third-order valence-corrected chi connectivity index (χ3v) is 3.80. The number of hydrogen-bond acceptors (Lipinski definition) is 3. The van der Waals surface area contributed by atoms with Gasteiger partial charge in [-0.3, -0.25) is 4.90 Å². The molecule has 4 unspecified atom stereocenters. The van der Waals surface area contributed by atoms with Gasteiger partial charge in [0.05, 0.1) is 12.2 Å². The molecule has 1 heterocycles. The highest BCUT2D eigenvalue weighted by Crippen LogP contribution is 2.22. The number of morpholine rings is 1. The first-order valence-electron chi connectivity index (χ1n) is 6.88. The number of hydrogen-bond donors (Lipinski definition) is 1. The molecule has 0 amide bonds. The lowest BCUT2D eigenvalue weighted by molar-refractivity contribution is -0.0809. The lowest BCUT2D eigenvalue weighted by atomic mass is 9.99. The molecule has 1 aliphatic rings. The first kappa shape index (κ1) is 14.4. The van der Waals surface area contributed by atoms with E-state index in [0.717, 1.165) is 18.7 Å². The molecule has 1 saturated heterocycles. The third-order valence-electron chi connectivity index (χ3n) is 3.80. The normalized spacial score (nSPS) is 28.1. The molecule has 0 aromatic heterocycles. The van der Waals surface area contributed by atoms with Crippen molar-refractivity contribution in [2.45, 2.75) is 45.1 Å². The summed E-state index contributed by atoms with van der Waals surface area (Å²) in [5.74, 6) is -0.225. The maximum atomic E-state index is 12.9. The SMILES string of the molecule is CC1CN(C(C)C(N)c2ccc(F)cc2)CC(C)O1. The van der Waals surface area contributed by atoms with Crippen LogP contribution in [0.25, 0.3) is 0 Å². The molecular weight excluding hydrogens is 243 g/mol. The quantitative estimate of drug-likeness (QED) is 0.912. The van der Waals surface area contributed by atoms with Gasteiger partial charge in [0.1, 0.15) is 5.82 Å². The molecule has 0 aliphatic carbocycles. The topological polar surface area (TPSA) is 38.5 Å². The van der Waals surface area contributed by atoms with Crippen LogP contribution >= 0.6 is 0 Å². The van der Waals surface area contributed by atoms with E-state index in [-0.39, 0.29) is 30.1 Å². The van der Waals surface area contributed by atoms with Gasteiger partial charge in [0, 0.05) is 25.2 Å². The van der Waals surface area contributed by atoms with E-state index in [1.54, 1.807) is 12.1 Å². The summed E-state index contributed by atoms with van der Waals surface area (Å²) in [4.78, 5) is 2.35. The second-order valence-corrected chi connectivity index (χ2v) is 5.53. The molecule has 1 aromatic rings. The molecule has 1 aliphatic heterocycles. The summed E-state index contributed by atoms with van der Waals surface area (Å²) < 4.78 is 18.7. The van der Waals surface area contributed by atoms with Crippen molar-refractivity contribution < 1.29 is 9.13 Å². The molecule has 0 radical (unpaired) electrons. The largest absolute Gasteiger partial charge is 0.373 e. The lowest BCUT2D eigenvalue weighted by Gasteiger charge is -2.41. The van der Waals surface area contributed by atoms with Gasteiger partial charge in [0.25, 0.3) is 0 Å². The Balaban J connectivity index is 2.05. The molecule has 0 spiro atoms. The van der Waals surface area contributed by atoms with Crippen LogP contribution < -0.4 is 5.73 Å². The summed E-state index contributed by atoms with van der Waals surface area (Å²) >= 11 is 0. The smallest absolute Gasteiger partial charge is 0.123 e. The number of ether oxygens (including phenoxy) is 1. The van der Waals surface area contributed by atoms with Crippen molar-refractivity contribution in [1.29, 1.82) is 0 Å². The van der Waals surface area contributed by atoms with Crippen molar-refractivity contribution in [2.75, 3.05) is 13.1 Å². The Bertz CT molecular complexity index is 399. The number of nitrogens with two attached hydrogens (primary N) is 1. The molecule has 0 saturated carbocycles. The highest BCUT2D eigenvalue weighted by Gasteiger charge is 2.29. The van der Waals surface area contributed by atoms with Crippen molar-refractivity contribution in [3.8, 4) is 0 Å². The number of nitrogens with zero attached hydrogens (tertiary/aromatic N) is 1. The predicted molar refractivity (Wildman–Crippen MR) is 74.4 cm³/mol. The minimum Gasteiger partial charge on any atom is -0.373 e. The van der Waals surface area contributed by atoms with Gasteiger partial charge in [-0.15, -0.1) is 0 Å². The molecule has 4 heteroatoms. The standard InChI is InChI=1S/C15H23FN2O/c1-10-8-18(9-11(2)19-10)12(3)15(17)13-4-6-14(16)7-5-13/h4-7,10-12,15H,8-9,17H2,1-3H3. The Kier molecular flexibility index (Phi) is 4.55. The fourth-order valence-electron chi connectivity index (χ4n) is 2.74. The van der Waals surface area contributed by atoms with Crippen LogP contribution in [0, 0.1) is 5.82 Å². The molecular formula is C15H23FN2O. The average Bonchev–Trinajstić information content (AvgIpc) is 2.37. The fraction of sp³-hybridized carbons (Fsp3) is 0.600. The number of rotatable bonds is 3. The molecule has 1 fully saturated rings. The van der Waals surface area contributed by atoms with E-state index in [4.69, 9.17) is 10.5 Å². The van der Waals surface area contributed by atoms with Gasteiger partial charge >= 0.3 is 0 Å². The average molecular weight is 266 g/mol. The zero-order valence-corrected chi connectivity index (χ0v) is 11.8. The van der Waals surface area contributed by atoms with Crippen LogP contribution in [0.5, 0.6) is 0 Å². The molecule has 19 heavy (non-hydrogen) atoms. The third kappa shape index (κ3) is 3.53. The Morgan fingerprint density at radius 3 is 2.26 bits per heavy atom. The minimum atomic E-state index is -0.225. The maximum Gasteiger partial charge on any atom is 0.123 e. The van der Waals surface area contributed by atoms with Crippen molar-refractivity contribution in [3.05, 3.63) is 35.6 Å². The van der Waals surface area contributed by atoms with Crippen molar-refractivity contribution >= 4 is 0 Å². The Morgan fingerprint density at radius 2 is 1.74 bits per heavy atom. The molecule has 3 nitrogen and oxygen atoms in total. The maximum absolute atomic E-state index is 12.9. The monoisotopic (exact) mass is 266 g/mol. The van der Waals surface area contributed by atoms with Crippen LogP contribution in [0.15, 0.2) is 24.3 Å². The van der Waals surface area contributed by atoms with Crippen LogP contribution in [0.1, 0.15) is 32.4 Å². The zero-order chi connectivity index (χ0) is 14.0. The van der Waals surface area contributed by atoms with Gasteiger partial charge in [-0.2, -0.15) is 0 Å². The van der Waals surface area contributed by atoms with Crippen molar-refractivity contribution in [3.63, 3.8) is 0 Å². The highest BCUT2D eigenvalue weighted by molar-refractivity contribution is 5.21. The minimum absolute atomic E-state index is 0.113. The number of halogens is 1. The second kappa shape index (κ2) is 5.99. The van der Waals surface area contributed by atoms with Crippen LogP contribution in [0.3, 0.4) is 0 Å². The fourth-order valence-corrected chi connectivity index (χ4v) is 2.74. The molecule has 0 bridgehead atoms. The van der Waals surface area contributed by atoms with Gasteiger partial charge in [0.15, 0.2) is 0 Å². The molecule has 106 valence electrons. The van der Waals surface area contributed by atoms with Gasteiger partial charge in [-0.1, -0.05) is 12.1 Å². The lowest BCUT2D eigenvalue weighted by Crippen LogP contribution is -2.52. The van der Waals surface area contributed by atoms with E-state index < -0.39 is 0 Å². The molecule has 2 N–H and O–H groups in total. The molecule has 2 rings (SSSR count). The highest BCUT2D eigenvalue weighted by atomic mass is 19.1. The summed E-state index contributed by atoms with van der Waals surface area (Å²) in [6.45, 7) is 8.07. The van der Waals surface area contributed by atoms with E-state index in [0.29, 0.717) is 0 Å². The van der Waals surface area contributed by atoms with Crippen molar-refractivity contribution in [2.24, 2.45) is 5.73 Å². The van der Waals surface area contributed by atoms with E-state index >= 15 is 0 Å². The van der Waals surface area contributed by atoms with E-state index in [1.807, 2.05) is 0 Å². The van der Waals surface area contributed by atoms with E-state index in [9.17, 15) is 4.39 Å². The Labute approximate surface area is 114 Å². The summed E-state index contributed by atoms with van der Waals surface area (Å²) in [5.41, 5.74) is 7.28. The van der Waals surface area contributed by atoms with E-state index in [2.05, 4.69) is 25.7 Å². The number of benzene rings is 1. The van der Waals surface area contributed by atoms with E-state index in [1.165, 1.54) is 12.1 Å². The Morgan fingerprint density at radius 1 is 1.21 bits per heavy atom. The first-order chi connectivity index (χ1) is 8.97. The van der Waals surface area contributed by atoms with Gasteiger partial charge in [-0.25, -0.2) is 4.39 Å². The predicted octanol–water partition coefficient (Wildman–Crippen LogP) is 2.32. The van der Waals surface area contributed by atoms with Crippen molar-refractivity contribution in [1.82, 2.24) is 4.90 Å². The zero-order valence-electron chi connectivity index (χ0n) is 11.8. The first-order valence-corrected chi connectivity index (χ1v) is 6.88. The van der Waals surface area contributed by atoms with Crippen LogP contribution in [0.2, 0.25) is 0 Å². The molecule has 1 aromatic carbocycles. The van der Waals surface area contributed by atoms with Gasteiger partial charge < -0.3 is 10.5 Å². The summed E-state index contributed by atoms with van der Waals surface area (Å²) in [5, 5.41) is 0. The second-order valence-electron chi connectivity index (χ2n) is 5.53.